The first-order chi connectivity index (χ1) is 11.1. The van der Waals surface area contributed by atoms with Gasteiger partial charge in [0.2, 0.25) is 11.7 Å². The van der Waals surface area contributed by atoms with Crippen molar-refractivity contribution in [2.24, 2.45) is 5.92 Å². The van der Waals surface area contributed by atoms with Gasteiger partial charge in [0.15, 0.2) is 0 Å². The van der Waals surface area contributed by atoms with Crippen LogP contribution in [0.4, 0.5) is 0 Å². The number of hydrogen-bond donors (Lipinski definition) is 2. The van der Waals surface area contributed by atoms with Gasteiger partial charge in [0.25, 0.3) is 5.91 Å². The molecule has 0 saturated heterocycles. The highest BCUT2D eigenvalue weighted by Gasteiger charge is 2.19. The largest absolute Gasteiger partial charge is 0.350 e. The Morgan fingerprint density at radius 3 is 2.39 bits per heavy atom. The molecule has 0 heterocycles. The van der Waals surface area contributed by atoms with E-state index in [1.165, 1.54) is 12.8 Å². The number of rotatable bonds is 8. The maximum atomic E-state index is 11.7. The van der Waals surface area contributed by atoms with Crippen LogP contribution in [-0.4, -0.2) is 24.1 Å². The third kappa shape index (κ3) is 6.22. The first-order valence-corrected chi connectivity index (χ1v) is 8.27. The summed E-state index contributed by atoms with van der Waals surface area (Å²) in [7, 11) is 0. The summed E-state index contributed by atoms with van der Waals surface area (Å²) in [5.74, 6) is -0.794. The smallest absolute Gasteiger partial charge is 0.287 e. The van der Waals surface area contributed by atoms with Crippen molar-refractivity contribution >= 4 is 17.6 Å². The third-order valence-electron chi connectivity index (χ3n) is 4.25. The Kier molecular flexibility index (Phi) is 6.78. The van der Waals surface area contributed by atoms with Crippen LogP contribution in [0.5, 0.6) is 0 Å². The predicted octanol–water partition coefficient (Wildman–Crippen LogP) is 1.96. The van der Waals surface area contributed by atoms with Crippen LogP contribution in [-0.2, 0) is 20.9 Å². The lowest BCUT2D eigenvalue weighted by atomic mass is 10.00. The van der Waals surface area contributed by atoms with Crippen LogP contribution in [0.25, 0.3) is 0 Å². The average Bonchev–Trinajstić information content (AvgIpc) is 3.10. The van der Waals surface area contributed by atoms with Crippen LogP contribution in [0.1, 0.15) is 44.1 Å². The van der Waals surface area contributed by atoms with E-state index in [4.69, 9.17) is 0 Å². The third-order valence-corrected chi connectivity index (χ3v) is 4.25. The number of benzene rings is 1. The SMILES string of the molecule is O=C(CNC(=O)C(=O)CCC1CCCC1)NCc1ccccc1. The van der Waals surface area contributed by atoms with E-state index in [2.05, 4.69) is 10.6 Å². The summed E-state index contributed by atoms with van der Waals surface area (Å²) in [5.41, 5.74) is 0.986. The van der Waals surface area contributed by atoms with E-state index in [0.717, 1.165) is 24.8 Å². The summed E-state index contributed by atoms with van der Waals surface area (Å²) in [4.78, 5) is 35.1. The zero-order valence-electron chi connectivity index (χ0n) is 13.3. The molecule has 5 nitrogen and oxygen atoms in total. The Morgan fingerprint density at radius 1 is 1.00 bits per heavy atom. The highest BCUT2D eigenvalue weighted by atomic mass is 16.2. The molecule has 0 atom stereocenters. The lowest BCUT2D eigenvalue weighted by molar-refractivity contribution is -0.138. The number of ketones is 1. The normalized spacial score (nSPS) is 14.4. The Balaban J connectivity index is 1.60. The predicted molar refractivity (Wildman–Crippen MR) is 87.5 cm³/mol. The molecule has 1 saturated carbocycles. The van der Waals surface area contributed by atoms with Crippen LogP contribution in [0.15, 0.2) is 30.3 Å². The molecule has 0 unspecified atom stereocenters. The molecule has 2 amide bonds. The van der Waals surface area contributed by atoms with E-state index in [9.17, 15) is 14.4 Å². The van der Waals surface area contributed by atoms with Gasteiger partial charge in [-0.1, -0.05) is 56.0 Å². The molecule has 2 N–H and O–H groups in total. The van der Waals surface area contributed by atoms with Crippen LogP contribution in [0, 0.1) is 5.92 Å². The zero-order chi connectivity index (χ0) is 16.5. The van der Waals surface area contributed by atoms with E-state index in [1.807, 2.05) is 30.3 Å². The monoisotopic (exact) mass is 316 g/mol. The van der Waals surface area contributed by atoms with Gasteiger partial charge < -0.3 is 10.6 Å². The fourth-order valence-corrected chi connectivity index (χ4v) is 2.87. The van der Waals surface area contributed by atoms with E-state index in [-0.39, 0.29) is 18.9 Å². The van der Waals surface area contributed by atoms with Gasteiger partial charge in [0, 0.05) is 13.0 Å². The number of carbonyl (C=O) groups is 3. The minimum atomic E-state index is -0.655. The van der Waals surface area contributed by atoms with E-state index in [0.29, 0.717) is 12.5 Å². The second kappa shape index (κ2) is 9.08. The molecule has 1 aromatic carbocycles. The van der Waals surface area contributed by atoms with E-state index < -0.39 is 11.7 Å². The number of amides is 2. The lowest BCUT2D eigenvalue weighted by Gasteiger charge is -2.08. The molecule has 0 radical (unpaired) electrons. The van der Waals surface area contributed by atoms with Crippen LogP contribution >= 0.6 is 0 Å². The fourth-order valence-electron chi connectivity index (χ4n) is 2.87. The van der Waals surface area contributed by atoms with Crippen molar-refractivity contribution in [1.29, 1.82) is 0 Å². The molecule has 1 aromatic rings. The minimum absolute atomic E-state index is 0.166. The summed E-state index contributed by atoms with van der Waals surface area (Å²) in [6.07, 6.45) is 5.85. The van der Waals surface area contributed by atoms with Gasteiger partial charge in [0.1, 0.15) is 0 Å². The van der Waals surface area contributed by atoms with Crippen molar-refractivity contribution in [2.75, 3.05) is 6.54 Å². The molecule has 0 spiro atoms. The highest BCUT2D eigenvalue weighted by molar-refractivity contribution is 6.36. The quantitative estimate of drug-likeness (QED) is 0.720. The lowest BCUT2D eigenvalue weighted by Crippen LogP contribution is -2.39. The first-order valence-electron chi connectivity index (χ1n) is 8.27. The van der Waals surface area contributed by atoms with E-state index in [1.54, 1.807) is 0 Å². The maximum absolute atomic E-state index is 11.7. The molecule has 23 heavy (non-hydrogen) atoms. The second-order valence-corrected chi connectivity index (χ2v) is 6.06. The Morgan fingerprint density at radius 2 is 1.70 bits per heavy atom. The fraction of sp³-hybridized carbons (Fsp3) is 0.500. The Hall–Kier alpha value is -2.17. The van der Waals surface area contributed by atoms with Crippen molar-refractivity contribution in [3.8, 4) is 0 Å². The van der Waals surface area contributed by atoms with Gasteiger partial charge in [0.05, 0.1) is 6.54 Å². The molecule has 0 aliphatic heterocycles. The average molecular weight is 316 g/mol. The van der Waals surface area contributed by atoms with Gasteiger partial charge in [-0.2, -0.15) is 0 Å². The standard InChI is InChI=1S/C18H24N2O3/c21-16(11-10-14-6-4-5-7-14)18(23)20-13-17(22)19-12-15-8-2-1-3-9-15/h1-3,8-9,14H,4-7,10-13H2,(H,19,22)(H,20,23). The van der Waals surface area contributed by atoms with Gasteiger partial charge in [-0.25, -0.2) is 0 Å². The molecule has 1 aliphatic carbocycles. The summed E-state index contributed by atoms with van der Waals surface area (Å²) < 4.78 is 0. The number of Topliss-reactive ketones (excluding diaryl/α,β-unsaturated/α-hetero) is 1. The van der Waals surface area contributed by atoms with Gasteiger partial charge in [-0.15, -0.1) is 0 Å². The van der Waals surface area contributed by atoms with Crippen molar-refractivity contribution in [1.82, 2.24) is 10.6 Å². The van der Waals surface area contributed by atoms with Crippen molar-refractivity contribution in [3.63, 3.8) is 0 Å². The summed E-state index contributed by atoms with van der Waals surface area (Å²) >= 11 is 0. The zero-order valence-corrected chi connectivity index (χ0v) is 13.3. The van der Waals surface area contributed by atoms with Gasteiger partial charge in [-0.3, -0.25) is 14.4 Å². The molecule has 5 heteroatoms. The second-order valence-electron chi connectivity index (χ2n) is 6.06. The topological polar surface area (TPSA) is 75.3 Å². The molecule has 2 rings (SSSR count). The van der Waals surface area contributed by atoms with Crippen LogP contribution in [0.2, 0.25) is 0 Å². The Labute approximate surface area is 136 Å². The summed E-state index contributed by atoms with van der Waals surface area (Å²) in [6, 6.07) is 9.51. The minimum Gasteiger partial charge on any atom is -0.350 e. The molecular weight excluding hydrogens is 292 g/mol. The number of carbonyl (C=O) groups excluding carboxylic acids is 3. The molecule has 124 valence electrons. The number of nitrogens with one attached hydrogen (secondary N) is 2. The molecule has 1 fully saturated rings. The molecular formula is C18H24N2O3. The summed E-state index contributed by atoms with van der Waals surface area (Å²) in [5, 5.41) is 5.10. The maximum Gasteiger partial charge on any atom is 0.287 e. The molecule has 0 bridgehead atoms. The first kappa shape index (κ1) is 17.2. The van der Waals surface area contributed by atoms with Crippen LogP contribution in [0.3, 0.4) is 0 Å². The number of hydrogen-bond acceptors (Lipinski definition) is 3. The van der Waals surface area contributed by atoms with Gasteiger partial charge in [-0.05, 0) is 17.9 Å². The van der Waals surface area contributed by atoms with Crippen molar-refractivity contribution in [3.05, 3.63) is 35.9 Å². The summed E-state index contributed by atoms with van der Waals surface area (Å²) in [6.45, 7) is 0.242. The van der Waals surface area contributed by atoms with Crippen molar-refractivity contribution in [2.45, 2.75) is 45.1 Å². The van der Waals surface area contributed by atoms with Crippen LogP contribution < -0.4 is 10.6 Å². The highest BCUT2D eigenvalue weighted by Crippen LogP contribution is 2.28. The molecule has 0 aromatic heterocycles. The van der Waals surface area contributed by atoms with Crippen molar-refractivity contribution < 1.29 is 14.4 Å². The Bertz CT molecular complexity index is 536. The van der Waals surface area contributed by atoms with Gasteiger partial charge >= 0.3 is 0 Å². The van der Waals surface area contributed by atoms with E-state index >= 15 is 0 Å². The molecule has 1 aliphatic rings.